The van der Waals surface area contributed by atoms with Gasteiger partial charge in [0.1, 0.15) is 26.2 Å². The first kappa shape index (κ1) is 56.9. The van der Waals surface area contributed by atoms with Gasteiger partial charge >= 0.3 is 0 Å². The van der Waals surface area contributed by atoms with Gasteiger partial charge in [0.05, 0.1) is 46.1 Å². The minimum Gasteiger partial charge on any atom is -0.370 e. The molecule has 0 radical (unpaired) electrons. The molecule has 2 fully saturated rings. The number of unbranched alkanes of at least 4 members (excludes halogenated alkanes) is 1. The molecule has 1 saturated heterocycles. The van der Waals surface area contributed by atoms with Gasteiger partial charge in [0.15, 0.2) is 0 Å². The van der Waals surface area contributed by atoms with Crippen molar-refractivity contribution in [3.8, 4) is 0 Å². The molecule has 0 aromatic carbocycles. The summed E-state index contributed by atoms with van der Waals surface area (Å²) in [4.78, 5) is 34.9. The van der Waals surface area contributed by atoms with E-state index in [9.17, 15) is 9.59 Å². The molecule has 3 rings (SSSR count). The highest BCUT2D eigenvalue weighted by Crippen LogP contribution is 2.27. The Kier molecular flexibility index (Phi) is 36.7. The number of carbonyl (C=O) groups is 3. The van der Waals surface area contributed by atoms with E-state index in [4.69, 9.17) is 29.5 Å². The zero-order valence-electron chi connectivity index (χ0n) is 37.9. The van der Waals surface area contributed by atoms with Crippen LogP contribution in [-0.4, -0.2) is 115 Å². The van der Waals surface area contributed by atoms with Crippen LogP contribution in [0.2, 0.25) is 0 Å². The molecule has 13 heteroatoms. The zero-order chi connectivity index (χ0) is 43.4. The zero-order valence-corrected chi connectivity index (χ0v) is 37.9. The first-order valence-electron chi connectivity index (χ1n) is 21.7. The molecule has 0 aromatic rings. The van der Waals surface area contributed by atoms with E-state index in [2.05, 4.69) is 76.3 Å². The molecule has 6 N–H and O–H groups in total. The standard InChI is InChI=1S/C27H49N5O5.C8H17NO.C6H14.C2H6.CH2O/c1-3-5-12-23(16-35-18-26(33)29-14-4-2)31-27(34)25-13-9-15-32(25)21-36-17-24(30-20-37-19-28)22-10-7-6-8-11-22;1-8(2)4-3-5-9-7-10-6-8;1-5-6(2,3)4;2*1-2/h4,9,13,22-25,30H,2-3,5-8,10-12,14-21,28H2,1H3,(H,29,33)(H,31,34);9H,3-7H2,1-2H3;5H2,1-4H3;1-2H3;1H2/t23?,24-,25+;;;;/m1..../s1. The third kappa shape index (κ3) is 31.4. The fraction of sp³-hybridized carbons (Fsp3) is 0.841. The third-order valence-corrected chi connectivity index (χ3v) is 9.87. The number of ether oxygens (including phenoxy) is 4. The van der Waals surface area contributed by atoms with E-state index in [0.29, 0.717) is 56.5 Å². The van der Waals surface area contributed by atoms with Crippen LogP contribution in [0.25, 0.3) is 0 Å². The van der Waals surface area contributed by atoms with Gasteiger partial charge in [-0.15, -0.1) is 6.58 Å². The van der Waals surface area contributed by atoms with Crippen molar-refractivity contribution in [3.05, 3.63) is 24.8 Å². The van der Waals surface area contributed by atoms with E-state index >= 15 is 0 Å². The number of nitrogens with one attached hydrogen (secondary N) is 4. The molecule has 2 heterocycles. The van der Waals surface area contributed by atoms with Crippen LogP contribution in [-0.2, 0) is 33.3 Å². The number of carbonyl (C=O) groups excluding carboxylic acids is 3. The van der Waals surface area contributed by atoms with Crippen LogP contribution in [0.3, 0.4) is 0 Å². The van der Waals surface area contributed by atoms with Crippen molar-refractivity contribution in [2.24, 2.45) is 22.5 Å². The average molecular weight is 813 g/mol. The highest BCUT2D eigenvalue weighted by Gasteiger charge is 2.29. The molecule has 0 spiro atoms. The van der Waals surface area contributed by atoms with Gasteiger partial charge in [-0.3, -0.25) is 25.1 Å². The number of rotatable bonds is 20. The second kappa shape index (κ2) is 36.8. The Bertz CT molecular complexity index is 994. The Morgan fingerprint density at radius 2 is 1.75 bits per heavy atom. The summed E-state index contributed by atoms with van der Waals surface area (Å²) < 4.78 is 22.4. The summed E-state index contributed by atoms with van der Waals surface area (Å²) >= 11 is 0. The Balaban J connectivity index is 0. The Labute approximate surface area is 348 Å². The summed E-state index contributed by atoms with van der Waals surface area (Å²) in [6.45, 7) is 30.7. The van der Waals surface area contributed by atoms with E-state index < -0.39 is 0 Å². The van der Waals surface area contributed by atoms with Crippen LogP contribution < -0.4 is 27.0 Å². The van der Waals surface area contributed by atoms with Crippen LogP contribution in [0.1, 0.15) is 133 Å². The molecular formula is C44H88N6O7. The second-order valence-electron chi connectivity index (χ2n) is 16.5. The Hall–Kier alpha value is -2.23. The fourth-order valence-corrected chi connectivity index (χ4v) is 6.07. The van der Waals surface area contributed by atoms with Gasteiger partial charge in [-0.1, -0.05) is 119 Å². The molecule has 2 amide bonds. The van der Waals surface area contributed by atoms with Crippen molar-refractivity contribution in [1.82, 2.24) is 26.2 Å². The first-order valence-corrected chi connectivity index (χ1v) is 21.7. The quantitative estimate of drug-likeness (QED) is 0.0534. The first-order chi connectivity index (χ1) is 27.4. The molecule has 3 atom stereocenters. The molecule has 1 aliphatic carbocycles. The average Bonchev–Trinajstić information content (AvgIpc) is 3.68. The molecule has 0 bridgehead atoms. The minimum atomic E-state index is -0.387. The van der Waals surface area contributed by atoms with Gasteiger partial charge in [-0.2, -0.15) is 0 Å². The molecule has 2 aliphatic heterocycles. The molecule has 1 saturated carbocycles. The number of amides is 2. The minimum absolute atomic E-state index is 0.0395. The van der Waals surface area contributed by atoms with Gasteiger partial charge in [-0.05, 0) is 55.4 Å². The largest absolute Gasteiger partial charge is 0.370 e. The van der Waals surface area contributed by atoms with Crippen molar-refractivity contribution in [3.63, 3.8) is 0 Å². The summed E-state index contributed by atoms with van der Waals surface area (Å²) in [6.07, 6.45) is 18.3. The van der Waals surface area contributed by atoms with E-state index in [-0.39, 0.29) is 43.3 Å². The molecule has 0 aromatic heterocycles. The lowest BCUT2D eigenvalue weighted by Crippen LogP contribution is -2.49. The predicted molar refractivity (Wildman–Crippen MR) is 234 cm³/mol. The lowest BCUT2D eigenvalue weighted by molar-refractivity contribution is -0.128. The SMILES string of the molecule is C=CCNC(=O)COCC(CCCC)NC(=O)[C@@H]1C=CCN1COC[C@@H](NCOCN)C1CCCCC1.C=O.CC.CC1(C)CCCNCOC1.CCC(C)(C)C. The van der Waals surface area contributed by atoms with Crippen LogP contribution in [0.15, 0.2) is 24.8 Å². The van der Waals surface area contributed by atoms with Crippen molar-refractivity contribution < 1.29 is 33.3 Å². The second-order valence-corrected chi connectivity index (χ2v) is 16.5. The molecule has 1 unspecified atom stereocenters. The Morgan fingerprint density at radius 1 is 1.07 bits per heavy atom. The van der Waals surface area contributed by atoms with E-state index in [0.717, 1.165) is 39.1 Å². The highest BCUT2D eigenvalue weighted by atomic mass is 16.5. The molecule has 57 heavy (non-hydrogen) atoms. The van der Waals surface area contributed by atoms with E-state index in [1.54, 1.807) is 6.08 Å². The molecule has 13 nitrogen and oxygen atoms in total. The lowest BCUT2D eigenvalue weighted by Gasteiger charge is -2.32. The Morgan fingerprint density at radius 3 is 2.37 bits per heavy atom. The number of hydrogen-bond acceptors (Lipinski definition) is 11. The van der Waals surface area contributed by atoms with Crippen LogP contribution in [0.4, 0.5) is 0 Å². The normalized spacial score (nSPS) is 19.2. The van der Waals surface area contributed by atoms with Gasteiger partial charge in [0, 0.05) is 19.1 Å². The van der Waals surface area contributed by atoms with E-state index in [1.165, 1.54) is 51.4 Å². The summed E-state index contributed by atoms with van der Waals surface area (Å²) in [5.41, 5.74) is 6.40. The van der Waals surface area contributed by atoms with Crippen molar-refractivity contribution >= 4 is 18.6 Å². The van der Waals surface area contributed by atoms with Crippen molar-refractivity contribution in [1.29, 1.82) is 0 Å². The molecule has 3 aliphatic rings. The highest BCUT2D eigenvalue weighted by molar-refractivity contribution is 5.84. The molecule has 336 valence electrons. The summed E-state index contributed by atoms with van der Waals surface area (Å²) in [7, 11) is 0. The van der Waals surface area contributed by atoms with E-state index in [1.807, 2.05) is 37.7 Å². The maximum atomic E-state index is 13.1. The van der Waals surface area contributed by atoms with Crippen LogP contribution in [0.5, 0.6) is 0 Å². The maximum Gasteiger partial charge on any atom is 0.246 e. The van der Waals surface area contributed by atoms with Gasteiger partial charge < -0.3 is 40.1 Å². The summed E-state index contributed by atoms with van der Waals surface area (Å²) in [5.74, 6) is 0.290. The topological polar surface area (TPSA) is 166 Å². The maximum absolute atomic E-state index is 13.1. The summed E-state index contributed by atoms with van der Waals surface area (Å²) in [5, 5.41) is 12.5. The van der Waals surface area contributed by atoms with Crippen LogP contribution in [0, 0.1) is 16.7 Å². The monoisotopic (exact) mass is 813 g/mol. The van der Waals surface area contributed by atoms with Crippen LogP contribution >= 0.6 is 0 Å². The van der Waals surface area contributed by atoms with Crippen molar-refractivity contribution in [2.75, 3.05) is 73.0 Å². The molecular weight excluding hydrogens is 725 g/mol. The van der Waals surface area contributed by atoms with Gasteiger partial charge in [0.25, 0.3) is 0 Å². The number of nitrogens with zero attached hydrogens (tertiary/aromatic N) is 1. The van der Waals surface area contributed by atoms with Gasteiger partial charge in [-0.25, -0.2) is 0 Å². The number of hydrogen-bond donors (Lipinski definition) is 5. The van der Waals surface area contributed by atoms with Crippen molar-refractivity contribution in [2.45, 2.75) is 151 Å². The lowest BCUT2D eigenvalue weighted by atomic mass is 9.84. The summed E-state index contributed by atoms with van der Waals surface area (Å²) in [6, 6.07) is -0.338. The predicted octanol–water partition coefficient (Wildman–Crippen LogP) is 6.28. The number of nitrogens with two attached hydrogens (primary N) is 1. The fourth-order valence-electron chi connectivity index (χ4n) is 6.07. The van der Waals surface area contributed by atoms with Gasteiger partial charge in [0.2, 0.25) is 11.8 Å². The third-order valence-electron chi connectivity index (χ3n) is 9.87. The smallest absolute Gasteiger partial charge is 0.246 e.